The molecule has 1 heterocycles. The highest BCUT2D eigenvalue weighted by molar-refractivity contribution is 8.00. The zero-order valence-electron chi connectivity index (χ0n) is 13.6. The Hall–Kier alpha value is -2.07. The zero-order valence-corrected chi connectivity index (χ0v) is 16.0. The predicted molar refractivity (Wildman–Crippen MR) is 103 cm³/mol. The van der Waals surface area contributed by atoms with Crippen molar-refractivity contribution in [3.05, 3.63) is 47.5 Å². The van der Waals surface area contributed by atoms with Gasteiger partial charge >= 0.3 is 0 Å². The largest absolute Gasteiger partial charge is 0.333 e. The third-order valence-corrected chi connectivity index (χ3v) is 5.64. The number of imidazole rings is 1. The summed E-state index contributed by atoms with van der Waals surface area (Å²) < 4.78 is 22.8. The number of H-pyrrole nitrogens is 1. The third kappa shape index (κ3) is 4.36. The van der Waals surface area contributed by atoms with E-state index in [9.17, 15) is 13.2 Å². The number of primary sulfonamides is 1. The number of aromatic amines is 1. The number of nitrogens with zero attached hydrogens (tertiary/aromatic N) is 1. The molecular weight excluding hydrogens is 396 g/mol. The highest BCUT2D eigenvalue weighted by Gasteiger charge is 2.18. The van der Waals surface area contributed by atoms with Gasteiger partial charge in [0.1, 0.15) is 0 Å². The Bertz CT molecular complexity index is 1080. The van der Waals surface area contributed by atoms with Crippen LogP contribution in [0.2, 0.25) is 5.02 Å². The van der Waals surface area contributed by atoms with Crippen LogP contribution in [-0.4, -0.2) is 29.5 Å². The van der Waals surface area contributed by atoms with E-state index in [1.54, 1.807) is 31.2 Å². The molecule has 0 aliphatic rings. The van der Waals surface area contributed by atoms with Gasteiger partial charge in [-0.25, -0.2) is 18.5 Å². The van der Waals surface area contributed by atoms with Crippen molar-refractivity contribution in [3.8, 4) is 0 Å². The number of thioether (sulfide) groups is 1. The first-order chi connectivity index (χ1) is 12.2. The standard InChI is InChI=1S/C16H15ClN4O3S2/c1-9(25-16-20-13-6-5-10(17)7-14(13)21-16)15(22)19-11-3-2-4-12(8-11)26(18,23)24/h2-9H,1H3,(H,19,22)(H,20,21)(H2,18,23,24). The maximum Gasteiger partial charge on any atom is 0.238 e. The van der Waals surface area contributed by atoms with E-state index < -0.39 is 15.3 Å². The van der Waals surface area contributed by atoms with Crippen molar-refractivity contribution in [1.82, 2.24) is 9.97 Å². The van der Waals surface area contributed by atoms with Crippen molar-refractivity contribution in [2.24, 2.45) is 5.14 Å². The first-order valence-electron chi connectivity index (χ1n) is 7.48. The number of aromatic nitrogens is 2. The fraction of sp³-hybridized carbons (Fsp3) is 0.125. The van der Waals surface area contributed by atoms with Crippen LogP contribution in [-0.2, 0) is 14.8 Å². The lowest BCUT2D eigenvalue weighted by Crippen LogP contribution is -2.22. The van der Waals surface area contributed by atoms with Gasteiger partial charge in [-0.15, -0.1) is 0 Å². The first kappa shape index (κ1) is 18.7. The van der Waals surface area contributed by atoms with Crippen molar-refractivity contribution in [2.45, 2.75) is 22.2 Å². The van der Waals surface area contributed by atoms with Crippen LogP contribution in [0.4, 0.5) is 5.69 Å². The maximum absolute atomic E-state index is 12.4. The molecule has 26 heavy (non-hydrogen) atoms. The average molecular weight is 411 g/mol. The summed E-state index contributed by atoms with van der Waals surface area (Å²) in [5, 5.41) is 8.49. The van der Waals surface area contributed by atoms with Gasteiger partial charge < -0.3 is 10.3 Å². The molecule has 0 saturated heterocycles. The Balaban J connectivity index is 1.71. The number of nitrogens with two attached hydrogens (primary N) is 1. The Morgan fingerprint density at radius 1 is 1.31 bits per heavy atom. The molecule has 0 aliphatic heterocycles. The van der Waals surface area contributed by atoms with E-state index in [1.807, 2.05) is 0 Å². The second-order valence-corrected chi connectivity index (χ2v) is 8.85. The fourth-order valence-corrected chi connectivity index (χ4v) is 3.78. The minimum atomic E-state index is -3.83. The average Bonchev–Trinajstić information content (AvgIpc) is 2.95. The lowest BCUT2D eigenvalue weighted by atomic mass is 10.3. The minimum Gasteiger partial charge on any atom is -0.333 e. The summed E-state index contributed by atoms with van der Waals surface area (Å²) in [5.41, 5.74) is 1.89. The number of sulfonamides is 1. The van der Waals surface area contributed by atoms with Crippen molar-refractivity contribution in [1.29, 1.82) is 0 Å². The van der Waals surface area contributed by atoms with Crippen LogP contribution in [0.15, 0.2) is 52.5 Å². The second kappa shape index (κ2) is 7.28. The van der Waals surface area contributed by atoms with Crippen LogP contribution in [0.1, 0.15) is 6.92 Å². The monoisotopic (exact) mass is 410 g/mol. The molecule has 4 N–H and O–H groups in total. The summed E-state index contributed by atoms with van der Waals surface area (Å²) in [4.78, 5) is 19.8. The van der Waals surface area contributed by atoms with Gasteiger partial charge in [-0.05, 0) is 43.3 Å². The third-order valence-electron chi connectivity index (χ3n) is 3.51. The number of halogens is 1. The normalized spacial score (nSPS) is 12.9. The number of benzene rings is 2. The molecule has 0 bridgehead atoms. The number of amides is 1. The SMILES string of the molecule is CC(Sc1nc2ccc(Cl)cc2[nH]1)C(=O)Nc1cccc(S(N)(=O)=O)c1. The van der Waals surface area contributed by atoms with E-state index in [4.69, 9.17) is 16.7 Å². The summed E-state index contributed by atoms with van der Waals surface area (Å²) in [7, 11) is -3.83. The molecule has 0 saturated carbocycles. The van der Waals surface area contributed by atoms with Gasteiger partial charge in [0.05, 0.1) is 21.2 Å². The number of carbonyl (C=O) groups excluding carboxylic acids is 1. The smallest absolute Gasteiger partial charge is 0.238 e. The Morgan fingerprint density at radius 2 is 2.08 bits per heavy atom. The number of hydrogen-bond acceptors (Lipinski definition) is 5. The van der Waals surface area contributed by atoms with Gasteiger partial charge in [-0.1, -0.05) is 29.4 Å². The molecule has 1 atom stereocenters. The maximum atomic E-state index is 12.4. The first-order valence-corrected chi connectivity index (χ1v) is 10.3. The summed E-state index contributed by atoms with van der Waals surface area (Å²) >= 11 is 7.20. The second-order valence-electron chi connectivity index (χ2n) is 5.53. The molecule has 0 aliphatic carbocycles. The van der Waals surface area contributed by atoms with Gasteiger partial charge in [0, 0.05) is 10.7 Å². The predicted octanol–water partition coefficient (Wildman–Crippen LogP) is 2.98. The molecule has 1 unspecified atom stereocenters. The lowest BCUT2D eigenvalue weighted by Gasteiger charge is -2.11. The van der Waals surface area contributed by atoms with Gasteiger partial charge in [-0.2, -0.15) is 0 Å². The van der Waals surface area contributed by atoms with Crippen LogP contribution < -0.4 is 10.5 Å². The molecule has 136 valence electrons. The van der Waals surface area contributed by atoms with E-state index in [0.29, 0.717) is 15.9 Å². The summed E-state index contributed by atoms with van der Waals surface area (Å²) in [5.74, 6) is -0.292. The zero-order chi connectivity index (χ0) is 18.9. The number of anilines is 1. The van der Waals surface area contributed by atoms with Crippen molar-refractivity contribution in [3.63, 3.8) is 0 Å². The molecule has 1 amide bonds. The van der Waals surface area contributed by atoms with Gasteiger partial charge in [0.25, 0.3) is 0 Å². The van der Waals surface area contributed by atoms with E-state index in [2.05, 4.69) is 15.3 Å². The summed E-state index contributed by atoms with van der Waals surface area (Å²) in [6.07, 6.45) is 0. The van der Waals surface area contributed by atoms with Gasteiger partial charge in [0.2, 0.25) is 15.9 Å². The van der Waals surface area contributed by atoms with E-state index >= 15 is 0 Å². The molecule has 2 aromatic carbocycles. The highest BCUT2D eigenvalue weighted by atomic mass is 35.5. The van der Waals surface area contributed by atoms with Gasteiger partial charge in [-0.3, -0.25) is 4.79 Å². The molecule has 0 spiro atoms. The van der Waals surface area contributed by atoms with Crippen molar-refractivity contribution in [2.75, 3.05) is 5.32 Å². The molecule has 7 nitrogen and oxygen atoms in total. The number of fused-ring (bicyclic) bond motifs is 1. The quantitative estimate of drug-likeness (QED) is 0.559. The highest BCUT2D eigenvalue weighted by Crippen LogP contribution is 2.26. The Labute approximate surface area is 159 Å². The number of carbonyl (C=O) groups is 1. The van der Waals surface area contributed by atoms with Crippen LogP contribution >= 0.6 is 23.4 Å². The van der Waals surface area contributed by atoms with Crippen LogP contribution in [0.3, 0.4) is 0 Å². The molecule has 1 aromatic heterocycles. The van der Waals surface area contributed by atoms with E-state index in [0.717, 1.165) is 11.0 Å². The van der Waals surface area contributed by atoms with E-state index in [-0.39, 0.29) is 10.8 Å². The Morgan fingerprint density at radius 3 is 2.81 bits per heavy atom. The van der Waals surface area contributed by atoms with E-state index in [1.165, 1.54) is 30.0 Å². The molecule has 3 aromatic rings. The van der Waals surface area contributed by atoms with Gasteiger partial charge in [0.15, 0.2) is 5.16 Å². The molecule has 10 heteroatoms. The number of nitrogens with one attached hydrogen (secondary N) is 2. The van der Waals surface area contributed by atoms with Crippen LogP contribution in [0, 0.1) is 0 Å². The van der Waals surface area contributed by atoms with Crippen LogP contribution in [0.25, 0.3) is 11.0 Å². The van der Waals surface area contributed by atoms with Crippen molar-refractivity contribution < 1.29 is 13.2 Å². The molecule has 0 fully saturated rings. The number of hydrogen-bond donors (Lipinski definition) is 3. The minimum absolute atomic E-state index is 0.0650. The topological polar surface area (TPSA) is 118 Å². The van der Waals surface area contributed by atoms with Crippen LogP contribution in [0.5, 0.6) is 0 Å². The summed E-state index contributed by atoms with van der Waals surface area (Å²) in [6.45, 7) is 1.73. The Kier molecular flexibility index (Phi) is 5.24. The molecule has 3 rings (SSSR count). The molecule has 0 radical (unpaired) electrons. The number of rotatable bonds is 5. The lowest BCUT2D eigenvalue weighted by molar-refractivity contribution is -0.115. The van der Waals surface area contributed by atoms with Crippen molar-refractivity contribution >= 4 is 56.0 Å². The molecular formula is C16H15ClN4O3S2. The summed E-state index contributed by atoms with van der Waals surface area (Å²) in [6, 6.07) is 11.1. The fourth-order valence-electron chi connectivity index (χ4n) is 2.23.